The van der Waals surface area contributed by atoms with Gasteiger partial charge in [0.05, 0.1) is 27.0 Å². The number of ether oxygens (including phenoxy) is 3. The second-order valence-corrected chi connectivity index (χ2v) is 6.25. The first-order valence-corrected chi connectivity index (χ1v) is 8.71. The summed E-state index contributed by atoms with van der Waals surface area (Å²) < 4.78 is 29.6. The number of hydrogen-bond acceptors (Lipinski definition) is 6. The Morgan fingerprint density at radius 2 is 1.55 bits per heavy atom. The lowest BCUT2D eigenvalue weighted by Crippen LogP contribution is -2.04. The van der Waals surface area contributed by atoms with Crippen LogP contribution in [0.25, 0.3) is 22.4 Å². The van der Waals surface area contributed by atoms with Crippen LogP contribution in [0, 0.1) is 24.1 Å². The molecule has 1 heterocycles. The summed E-state index contributed by atoms with van der Waals surface area (Å²) in [4.78, 5) is 4.39. The third-order valence-corrected chi connectivity index (χ3v) is 4.65. The van der Waals surface area contributed by atoms with Gasteiger partial charge in [0.1, 0.15) is 23.3 Å². The van der Waals surface area contributed by atoms with Gasteiger partial charge in [0, 0.05) is 11.1 Å². The Kier molecular flexibility index (Phi) is 5.55. The molecule has 148 valence electrons. The highest BCUT2D eigenvalue weighted by molar-refractivity contribution is 5.85. The van der Waals surface area contributed by atoms with Gasteiger partial charge in [0.15, 0.2) is 11.5 Å². The summed E-state index contributed by atoms with van der Waals surface area (Å²) in [6.07, 6.45) is 0. The number of rotatable bonds is 5. The fraction of sp³-hybridized carbons (Fsp3) is 0.182. The maximum atomic E-state index is 13.4. The second-order valence-electron chi connectivity index (χ2n) is 6.25. The molecule has 3 aromatic rings. The Labute approximate surface area is 168 Å². The van der Waals surface area contributed by atoms with Crippen molar-refractivity contribution in [2.24, 2.45) is 0 Å². The van der Waals surface area contributed by atoms with Crippen LogP contribution in [0.1, 0.15) is 11.1 Å². The molecule has 0 unspecified atom stereocenters. The molecule has 1 aromatic heterocycles. The number of benzene rings is 2. The van der Waals surface area contributed by atoms with Crippen molar-refractivity contribution in [1.82, 2.24) is 4.98 Å². The summed E-state index contributed by atoms with van der Waals surface area (Å²) in [5.74, 6) is 1.07. The maximum Gasteiger partial charge on any atom is 0.203 e. The van der Waals surface area contributed by atoms with Crippen molar-refractivity contribution in [2.45, 2.75) is 6.92 Å². The SMILES string of the molecule is COc1cc(-c2c(C)c(-c3ccc(F)cc3)nc(N)c2C#N)cc(OC)c1OC. The molecule has 0 aliphatic heterocycles. The number of nitrogen functional groups attached to an aromatic ring is 1. The minimum Gasteiger partial charge on any atom is -0.493 e. The van der Waals surface area contributed by atoms with Gasteiger partial charge in [-0.15, -0.1) is 0 Å². The largest absolute Gasteiger partial charge is 0.493 e. The van der Waals surface area contributed by atoms with Crippen LogP contribution in [-0.4, -0.2) is 26.3 Å². The van der Waals surface area contributed by atoms with Crippen molar-refractivity contribution in [1.29, 1.82) is 5.26 Å². The number of nitrogens with two attached hydrogens (primary N) is 1. The van der Waals surface area contributed by atoms with Crippen LogP contribution in [0.5, 0.6) is 17.2 Å². The average molecular weight is 393 g/mol. The van der Waals surface area contributed by atoms with Gasteiger partial charge in [-0.2, -0.15) is 5.26 Å². The van der Waals surface area contributed by atoms with Crippen molar-refractivity contribution in [3.63, 3.8) is 0 Å². The molecular formula is C22H20FN3O3. The first-order valence-electron chi connectivity index (χ1n) is 8.71. The number of halogens is 1. The number of nitriles is 1. The Morgan fingerprint density at radius 1 is 0.966 bits per heavy atom. The van der Waals surface area contributed by atoms with Gasteiger partial charge >= 0.3 is 0 Å². The zero-order valence-electron chi connectivity index (χ0n) is 16.5. The standard InChI is InChI=1S/C22H20FN3O3/c1-12-19(14-9-17(27-2)21(29-4)18(10-14)28-3)16(11-24)22(25)26-20(12)13-5-7-15(23)8-6-13/h5-10H,1-4H3,(H2,25,26). The molecule has 3 rings (SSSR count). The number of pyridine rings is 1. The van der Waals surface area contributed by atoms with Crippen molar-refractivity contribution < 1.29 is 18.6 Å². The van der Waals surface area contributed by atoms with E-state index in [0.717, 1.165) is 5.56 Å². The van der Waals surface area contributed by atoms with E-state index in [1.54, 1.807) is 24.3 Å². The van der Waals surface area contributed by atoms with Crippen LogP contribution in [0.15, 0.2) is 36.4 Å². The van der Waals surface area contributed by atoms with Gasteiger partial charge in [0.2, 0.25) is 5.75 Å². The van der Waals surface area contributed by atoms with Crippen LogP contribution in [0.3, 0.4) is 0 Å². The molecule has 2 aromatic carbocycles. The summed E-state index contributed by atoms with van der Waals surface area (Å²) in [5.41, 5.74) is 9.57. The fourth-order valence-electron chi connectivity index (χ4n) is 3.28. The second kappa shape index (κ2) is 8.07. The first kappa shape index (κ1) is 20.0. The number of nitrogens with zero attached hydrogens (tertiary/aromatic N) is 2. The van der Waals surface area contributed by atoms with E-state index in [9.17, 15) is 9.65 Å². The van der Waals surface area contributed by atoms with Crippen molar-refractivity contribution >= 4 is 5.82 Å². The minimum absolute atomic E-state index is 0.0844. The zero-order chi connectivity index (χ0) is 21.1. The zero-order valence-corrected chi connectivity index (χ0v) is 16.5. The van der Waals surface area contributed by atoms with Gasteiger partial charge in [-0.05, 0) is 54.4 Å². The molecule has 2 N–H and O–H groups in total. The molecule has 0 atom stereocenters. The van der Waals surface area contributed by atoms with Crippen LogP contribution in [0.2, 0.25) is 0 Å². The Hall–Kier alpha value is -3.79. The Morgan fingerprint density at radius 3 is 2.03 bits per heavy atom. The molecule has 7 heteroatoms. The maximum absolute atomic E-state index is 13.4. The lowest BCUT2D eigenvalue weighted by Gasteiger charge is -2.18. The molecule has 0 fully saturated rings. The Balaban J connectivity index is 2.35. The highest BCUT2D eigenvalue weighted by atomic mass is 19.1. The van der Waals surface area contributed by atoms with Crippen molar-refractivity contribution in [3.05, 3.63) is 53.3 Å². The molecule has 6 nitrogen and oxygen atoms in total. The van der Waals surface area contributed by atoms with E-state index >= 15 is 0 Å². The van der Waals surface area contributed by atoms with Gasteiger partial charge in [-0.3, -0.25) is 0 Å². The van der Waals surface area contributed by atoms with E-state index in [-0.39, 0.29) is 17.2 Å². The molecule has 0 bridgehead atoms. The number of aromatic nitrogens is 1. The molecule has 0 aliphatic carbocycles. The van der Waals surface area contributed by atoms with Gasteiger partial charge < -0.3 is 19.9 Å². The highest BCUT2D eigenvalue weighted by Crippen LogP contribution is 2.44. The van der Waals surface area contributed by atoms with Crippen LogP contribution in [0.4, 0.5) is 10.2 Å². The number of methoxy groups -OCH3 is 3. The Bertz CT molecular complexity index is 1080. The van der Waals surface area contributed by atoms with Gasteiger partial charge in [0.25, 0.3) is 0 Å². The molecule has 0 radical (unpaired) electrons. The summed E-state index contributed by atoms with van der Waals surface area (Å²) in [6.45, 7) is 1.84. The van der Waals surface area contributed by atoms with Crippen molar-refractivity contribution in [2.75, 3.05) is 27.1 Å². The first-order chi connectivity index (χ1) is 13.9. The fourth-order valence-corrected chi connectivity index (χ4v) is 3.28. The average Bonchev–Trinajstić information content (AvgIpc) is 2.74. The summed E-state index contributed by atoms with van der Waals surface area (Å²) in [5, 5.41) is 9.73. The number of anilines is 1. The predicted octanol–water partition coefficient (Wildman–Crippen LogP) is 4.34. The third kappa shape index (κ3) is 3.52. The molecule has 0 saturated carbocycles. The van der Waals surface area contributed by atoms with E-state index in [2.05, 4.69) is 11.1 Å². The topological polar surface area (TPSA) is 90.4 Å². The molecular weight excluding hydrogens is 373 g/mol. The van der Waals surface area contributed by atoms with Gasteiger partial charge in [-0.25, -0.2) is 9.37 Å². The van der Waals surface area contributed by atoms with E-state index in [4.69, 9.17) is 19.9 Å². The normalized spacial score (nSPS) is 10.3. The molecule has 0 aliphatic rings. The highest BCUT2D eigenvalue weighted by Gasteiger charge is 2.22. The van der Waals surface area contributed by atoms with Crippen molar-refractivity contribution in [3.8, 4) is 45.7 Å². The van der Waals surface area contributed by atoms with Crippen LogP contribution >= 0.6 is 0 Å². The molecule has 0 amide bonds. The lowest BCUT2D eigenvalue weighted by molar-refractivity contribution is 0.324. The summed E-state index contributed by atoms with van der Waals surface area (Å²) >= 11 is 0. The van der Waals surface area contributed by atoms with Crippen LogP contribution < -0.4 is 19.9 Å². The van der Waals surface area contributed by atoms with E-state index in [0.29, 0.717) is 39.6 Å². The van der Waals surface area contributed by atoms with E-state index in [1.807, 2.05) is 6.92 Å². The quantitative estimate of drug-likeness (QED) is 0.693. The number of hydrogen-bond donors (Lipinski definition) is 1. The van der Waals surface area contributed by atoms with Crippen LogP contribution in [-0.2, 0) is 0 Å². The third-order valence-electron chi connectivity index (χ3n) is 4.65. The van der Waals surface area contributed by atoms with E-state index in [1.165, 1.54) is 33.5 Å². The smallest absolute Gasteiger partial charge is 0.203 e. The molecule has 29 heavy (non-hydrogen) atoms. The summed E-state index contributed by atoms with van der Waals surface area (Å²) in [7, 11) is 4.55. The molecule has 0 saturated heterocycles. The van der Waals surface area contributed by atoms with E-state index < -0.39 is 0 Å². The lowest BCUT2D eigenvalue weighted by atomic mass is 9.92. The monoisotopic (exact) mass is 393 g/mol. The molecule has 0 spiro atoms. The summed E-state index contributed by atoms with van der Waals surface area (Å²) in [6, 6.07) is 11.6. The minimum atomic E-state index is -0.349. The van der Waals surface area contributed by atoms with Gasteiger partial charge in [-0.1, -0.05) is 0 Å². The predicted molar refractivity (Wildman–Crippen MR) is 109 cm³/mol.